The number of carbonyl (C=O) groups is 1. The predicted molar refractivity (Wildman–Crippen MR) is 187 cm³/mol. The molecule has 13 heteroatoms. The zero-order valence-corrected chi connectivity index (χ0v) is 28.3. The SMILES string of the molecule is [2H]C[C@@H]1C[C@@H](OP(OCC[N+]#[C-])N(C(C)C)C(C)C)CN1C(=O)c1ccc(-c2ccc(/C=C/c3ccc([N+](=O)[O-])cc3[N+](=O)[O-])cc2)cc1. The Kier molecular flexibility index (Phi) is 12.0. The first-order valence-electron chi connectivity index (χ1n) is 16.3. The number of nitro groups is 2. The summed E-state index contributed by atoms with van der Waals surface area (Å²) in [6.45, 7) is 16.3. The third kappa shape index (κ3) is 9.08. The van der Waals surface area contributed by atoms with Gasteiger partial charge in [0.1, 0.15) is 6.61 Å². The second-order valence-electron chi connectivity index (χ2n) is 11.9. The smallest absolute Gasteiger partial charge is 0.283 e. The maximum atomic E-state index is 13.6. The summed E-state index contributed by atoms with van der Waals surface area (Å²) in [5, 5.41) is 22.4. The highest BCUT2D eigenvalue weighted by Gasteiger charge is 2.38. The summed E-state index contributed by atoms with van der Waals surface area (Å²) in [4.78, 5) is 39.9. The van der Waals surface area contributed by atoms with E-state index in [4.69, 9.17) is 17.0 Å². The van der Waals surface area contributed by atoms with Gasteiger partial charge in [0, 0.05) is 37.7 Å². The number of nitro benzene ring substituents is 2. The first-order chi connectivity index (χ1) is 23.4. The molecule has 1 aliphatic rings. The number of nitrogens with zero attached hydrogens (tertiary/aromatic N) is 5. The summed E-state index contributed by atoms with van der Waals surface area (Å²) < 4.78 is 22.8. The monoisotopic (exact) mass is 674 g/mol. The molecule has 3 atom stereocenters. The number of amides is 1. The Hall–Kier alpha value is -4.53. The van der Waals surface area contributed by atoms with Gasteiger partial charge in [-0.25, -0.2) is 11.2 Å². The first-order valence-corrected chi connectivity index (χ1v) is 16.7. The lowest BCUT2D eigenvalue weighted by atomic mass is 10.0. The molecular formula is C35H40N5O7P. The molecule has 48 heavy (non-hydrogen) atoms. The van der Waals surface area contributed by atoms with E-state index in [1.54, 1.807) is 29.2 Å². The van der Waals surface area contributed by atoms with Crippen molar-refractivity contribution in [3.05, 3.63) is 115 Å². The Morgan fingerprint density at radius 3 is 2.25 bits per heavy atom. The van der Waals surface area contributed by atoms with Crippen molar-refractivity contribution >= 4 is 38.0 Å². The number of non-ortho nitro benzene ring substituents is 1. The number of hydrogen-bond acceptors (Lipinski definition) is 8. The van der Waals surface area contributed by atoms with Gasteiger partial charge in [0.15, 0.2) is 0 Å². The summed E-state index contributed by atoms with van der Waals surface area (Å²) in [6, 6.07) is 18.3. The van der Waals surface area contributed by atoms with Crippen LogP contribution in [0.15, 0.2) is 66.7 Å². The molecular weight excluding hydrogens is 633 g/mol. The van der Waals surface area contributed by atoms with Crippen molar-refractivity contribution in [3.8, 4) is 11.1 Å². The van der Waals surface area contributed by atoms with E-state index in [0.717, 1.165) is 22.8 Å². The Morgan fingerprint density at radius 1 is 1.04 bits per heavy atom. The molecule has 1 aliphatic heterocycles. The van der Waals surface area contributed by atoms with E-state index >= 15 is 0 Å². The highest BCUT2D eigenvalue weighted by atomic mass is 31.2. The Bertz CT molecular complexity index is 1690. The van der Waals surface area contributed by atoms with E-state index < -0.39 is 18.4 Å². The molecule has 0 N–H and O–H groups in total. The molecule has 1 unspecified atom stereocenters. The topological polar surface area (TPSA) is 133 Å². The van der Waals surface area contributed by atoms with Crippen LogP contribution < -0.4 is 0 Å². The average Bonchev–Trinajstić information content (AvgIpc) is 3.49. The standard InChI is InChI=1S/C35H40N5O7P/c1-24(2)38(25(3)4)48(46-20-19-36-6)47-33-21-26(5)37(23-33)35(41)31-15-13-29(14-16-31)28-10-7-27(8-11-28)9-12-30-17-18-32(39(42)43)22-34(30)40(44)45/h7-18,22,24-26,33H,19-21,23H2,1-5H3/b12-9+/t26-,33-,48?/m1/s1/i5D. The van der Waals surface area contributed by atoms with Gasteiger partial charge in [-0.3, -0.25) is 25.0 Å². The van der Waals surface area contributed by atoms with E-state index in [1.165, 1.54) is 12.1 Å². The van der Waals surface area contributed by atoms with Gasteiger partial charge >= 0.3 is 0 Å². The van der Waals surface area contributed by atoms with Crippen molar-refractivity contribution in [1.82, 2.24) is 9.57 Å². The number of likely N-dealkylation sites (tertiary alicyclic amines) is 1. The Labute approximate surface area is 283 Å². The summed E-state index contributed by atoms with van der Waals surface area (Å²) in [7, 11) is -1.46. The molecule has 1 amide bonds. The molecule has 1 saturated heterocycles. The predicted octanol–water partition coefficient (Wildman–Crippen LogP) is 8.24. The van der Waals surface area contributed by atoms with Crippen LogP contribution in [0.4, 0.5) is 11.4 Å². The minimum absolute atomic E-state index is 0.0522. The van der Waals surface area contributed by atoms with Crippen LogP contribution in [-0.4, -0.2) is 69.3 Å². The molecule has 1 fully saturated rings. The van der Waals surface area contributed by atoms with Crippen LogP contribution in [0.5, 0.6) is 0 Å². The van der Waals surface area contributed by atoms with Crippen molar-refractivity contribution in [2.24, 2.45) is 0 Å². The van der Waals surface area contributed by atoms with Crippen LogP contribution in [0, 0.1) is 26.8 Å². The highest BCUT2D eigenvalue weighted by Crippen LogP contribution is 2.48. The molecule has 12 nitrogen and oxygen atoms in total. The van der Waals surface area contributed by atoms with Gasteiger partial charge in [0.2, 0.25) is 6.54 Å². The second-order valence-corrected chi connectivity index (χ2v) is 13.3. The van der Waals surface area contributed by atoms with Crippen molar-refractivity contribution in [2.45, 2.75) is 65.2 Å². The lowest BCUT2D eigenvalue weighted by molar-refractivity contribution is -0.394. The molecule has 0 bridgehead atoms. The van der Waals surface area contributed by atoms with Gasteiger partial charge < -0.3 is 18.8 Å². The fourth-order valence-corrected chi connectivity index (χ4v) is 7.21. The Morgan fingerprint density at radius 2 is 1.69 bits per heavy atom. The molecule has 0 saturated carbocycles. The third-order valence-electron chi connectivity index (χ3n) is 7.78. The van der Waals surface area contributed by atoms with E-state index in [9.17, 15) is 25.0 Å². The van der Waals surface area contributed by atoms with E-state index in [2.05, 4.69) is 37.2 Å². The Balaban J connectivity index is 1.43. The maximum absolute atomic E-state index is 13.6. The summed E-state index contributed by atoms with van der Waals surface area (Å²) >= 11 is 0. The molecule has 252 valence electrons. The van der Waals surface area contributed by atoms with Crippen molar-refractivity contribution in [3.63, 3.8) is 0 Å². The number of rotatable bonds is 14. The number of carbonyl (C=O) groups excluding carboxylic acids is 1. The molecule has 4 rings (SSSR count). The van der Waals surface area contributed by atoms with Gasteiger partial charge in [0.05, 0.1) is 27.6 Å². The van der Waals surface area contributed by atoms with Crippen LogP contribution in [0.1, 0.15) is 63.9 Å². The molecule has 0 aliphatic carbocycles. The minimum atomic E-state index is -1.46. The van der Waals surface area contributed by atoms with Crippen LogP contribution in [0.3, 0.4) is 0 Å². The molecule has 0 aromatic heterocycles. The number of benzene rings is 3. The maximum Gasteiger partial charge on any atom is 0.283 e. The lowest BCUT2D eigenvalue weighted by Crippen LogP contribution is -2.36. The quantitative estimate of drug-likeness (QED) is 0.0417. The van der Waals surface area contributed by atoms with Crippen molar-refractivity contribution in [2.75, 3.05) is 19.7 Å². The third-order valence-corrected chi connectivity index (χ3v) is 9.96. The van der Waals surface area contributed by atoms with E-state index in [1.807, 2.05) is 36.4 Å². The summed E-state index contributed by atoms with van der Waals surface area (Å²) in [5.74, 6) is -0.168. The molecule has 3 aromatic carbocycles. The fourth-order valence-electron chi connectivity index (χ4n) is 5.50. The normalized spacial score (nSPS) is 17.2. The van der Waals surface area contributed by atoms with Gasteiger partial charge in [0.25, 0.3) is 25.8 Å². The summed E-state index contributed by atoms with van der Waals surface area (Å²) in [6.07, 6.45) is 3.48. The van der Waals surface area contributed by atoms with Crippen LogP contribution >= 0.6 is 8.53 Å². The van der Waals surface area contributed by atoms with E-state index in [0.29, 0.717) is 18.5 Å². The van der Waals surface area contributed by atoms with Crippen LogP contribution in [0.2, 0.25) is 0 Å². The summed E-state index contributed by atoms with van der Waals surface area (Å²) in [5.41, 5.74) is 2.64. The van der Waals surface area contributed by atoms with Crippen molar-refractivity contribution in [1.29, 1.82) is 0 Å². The largest absolute Gasteiger partial charge is 0.333 e. The zero-order valence-electron chi connectivity index (χ0n) is 28.4. The highest BCUT2D eigenvalue weighted by molar-refractivity contribution is 7.44. The zero-order chi connectivity index (χ0) is 35.7. The fraction of sp³-hybridized carbons (Fsp3) is 0.371. The minimum Gasteiger partial charge on any atom is -0.333 e. The van der Waals surface area contributed by atoms with Gasteiger partial charge in [-0.05, 0) is 82.0 Å². The lowest BCUT2D eigenvalue weighted by Gasteiger charge is -2.36. The molecule has 0 radical (unpaired) electrons. The van der Waals surface area contributed by atoms with Crippen LogP contribution in [-0.2, 0) is 9.05 Å². The second kappa shape index (κ2) is 16.5. The van der Waals surface area contributed by atoms with Gasteiger partial charge in [-0.2, -0.15) is 0 Å². The average molecular weight is 675 g/mol. The van der Waals surface area contributed by atoms with Gasteiger partial charge in [-0.1, -0.05) is 42.5 Å². The first kappa shape index (κ1) is 34.8. The molecule has 0 spiro atoms. The molecule has 3 aromatic rings. The van der Waals surface area contributed by atoms with Crippen molar-refractivity contribution < 1.29 is 25.1 Å². The van der Waals surface area contributed by atoms with E-state index in [-0.39, 0.29) is 67.1 Å². The van der Waals surface area contributed by atoms with Gasteiger partial charge in [-0.15, -0.1) is 0 Å². The molecule has 1 heterocycles. The number of hydrogen-bond donors (Lipinski definition) is 0. The van der Waals surface area contributed by atoms with Crippen LogP contribution in [0.25, 0.3) is 28.1 Å².